The molecule has 0 saturated carbocycles. The highest BCUT2D eigenvalue weighted by Crippen LogP contribution is 2.44. The molecule has 3 aromatic rings. The molecule has 130 valence electrons. The van der Waals surface area contributed by atoms with E-state index in [-0.39, 0.29) is 11.7 Å². The van der Waals surface area contributed by atoms with E-state index in [1.807, 2.05) is 6.07 Å². The van der Waals surface area contributed by atoms with E-state index in [4.69, 9.17) is 0 Å². The van der Waals surface area contributed by atoms with Crippen molar-refractivity contribution in [1.29, 1.82) is 0 Å². The fourth-order valence-electron chi connectivity index (χ4n) is 3.82. The molecule has 0 bridgehead atoms. The Hall–Kier alpha value is -2.38. The van der Waals surface area contributed by atoms with E-state index in [0.717, 1.165) is 32.2 Å². The third kappa shape index (κ3) is 2.07. The van der Waals surface area contributed by atoms with Gasteiger partial charge < -0.3 is 10.2 Å². The highest BCUT2D eigenvalue weighted by atomic mass is 79.9. The number of amides is 1. The smallest absolute Gasteiger partial charge is 0.240 e. The number of halogens is 2. The number of pyridine rings is 2. The molecule has 0 unspecified atom stereocenters. The predicted octanol–water partition coefficient (Wildman–Crippen LogP) is 2.92. The second-order valence-corrected chi connectivity index (χ2v) is 7.51. The summed E-state index contributed by atoms with van der Waals surface area (Å²) in [5.41, 5.74) is 2.11. The van der Waals surface area contributed by atoms with Crippen molar-refractivity contribution in [3.05, 3.63) is 64.4 Å². The van der Waals surface area contributed by atoms with Crippen LogP contribution in [-0.2, 0) is 16.8 Å². The molecule has 1 N–H and O–H groups in total. The lowest BCUT2D eigenvalue weighted by atomic mass is 9.77. The molecule has 0 radical (unpaired) electrons. The van der Waals surface area contributed by atoms with E-state index in [1.165, 1.54) is 12.1 Å². The van der Waals surface area contributed by atoms with Crippen LogP contribution in [0.15, 0.2) is 47.3 Å². The maximum Gasteiger partial charge on any atom is 0.240 e. The zero-order valence-electron chi connectivity index (χ0n) is 13.7. The maximum absolute atomic E-state index is 13.4. The molecule has 0 atom stereocenters. The van der Waals surface area contributed by atoms with Crippen molar-refractivity contribution in [2.45, 2.75) is 12.0 Å². The average molecular weight is 413 g/mol. The van der Waals surface area contributed by atoms with E-state index >= 15 is 0 Å². The van der Waals surface area contributed by atoms with Crippen LogP contribution in [0.3, 0.4) is 0 Å². The first-order chi connectivity index (χ1) is 12.6. The van der Waals surface area contributed by atoms with Gasteiger partial charge in [0, 0.05) is 35.3 Å². The van der Waals surface area contributed by atoms with Crippen LogP contribution in [0.2, 0.25) is 0 Å². The summed E-state index contributed by atoms with van der Waals surface area (Å²) < 4.78 is 14.2. The highest BCUT2D eigenvalue weighted by molar-refractivity contribution is 9.10. The van der Waals surface area contributed by atoms with Crippen molar-refractivity contribution < 1.29 is 9.18 Å². The Labute approximate surface area is 157 Å². The van der Waals surface area contributed by atoms with Crippen molar-refractivity contribution in [3.63, 3.8) is 0 Å². The SMILES string of the molecule is O=C1N(Cc2ncc3cc(F)ccc3c2Br)c2cnccc2C12CNC2. The molecule has 1 aromatic carbocycles. The van der Waals surface area contributed by atoms with Gasteiger partial charge >= 0.3 is 0 Å². The van der Waals surface area contributed by atoms with Crippen molar-refractivity contribution in [1.82, 2.24) is 15.3 Å². The Morgan fingerprint density at radius 2 is 2.12 bits per heavy atom. The lowest BCUT2D eigenvalue weighted by molar-refractivity contribution is -0.125. The summed E-state index contributed by atoms with van der Waals surface area (Å²) in [5, 5.41) is 4.80. The van der Waals surface area contributed by atoms with Gasteiger partial charge in [-0.05, 0) is 45.1 Å². The molecule has 1 spiro atoms. The van der Waals surface area contributed by atoms with Crippen molar-refractivity contribution in [2.24, 2.45) is 0 Å². The first-order valence-electron chi connectivity index (χ1n) is 8.30. The molecule has 26 heavy (non-hydrogen) atoms. The van der Waals surface area contributed by atoms with E-state index in [1.54, 1.807) is 29.6 Å². The zero-order chi connectivity index (χ0) is 17.9. The minimum atomic E-state index is -0.481. The Bertz CT molecular complexity index is 1070. The quantitative estimate of drug-likeness (QED) is 0.702. The van der Waals surface area contributed by atoms with Crippen LogP contribution in [0.4, 0.5) is 10.1 Å². The number of hydrogen-bond donors (Lipinski definition) is 1. The fourth-order valence-corrected chi connectivity index (χ4v) is 4.41. The Kier molecular flexibility index (Phi) is 3.39. The van der Waals surface area contributed by atoms with Crippen LogP contribution in [0.1, 0.15) is 11.3 Å². The van der Waals surface area contributed by atoms with Crippen LogP contribution in [0, 0.1) is 5.82 Å². The monoisotopic (exact) mass is 412 g/mol. The van der Waals surface area contributed by atoms with E-state index in [9.17, 15) is 9.18 Å². The van der Waals surface area contributed by atoms with Gasteiger partial charge in [-0.2, -0.15) is 0 Å². The Morgan fingerprint density at radius 3 is 2.88 bits per heavy atom. The number of nitrogens with one attached hydrogen (secondary N) is 1. The molecule has 2 aromatic heterocycles. The van der Waals surface area contributed by atoms with E-state index in [2.05, 4.69) is 31.2 Å². The molecular formula is C19H14BrFN4O. The summed E-state index contributed by atoms with van der Waals surface area (Å²) in [6, 6.07) is 6.52. The second-order valence-electron chi connectivity index (χ2n) is 6.72. The number of fused-ring (bicyclic) bond motifs is 3. The number of carbonyl (C=O) groups is 1. The van der Waals surface area contributed by atoms with Crippen LogP contribution >= 0.6 is 15.9 Å². The number of anilines is 1. The number of nitrogens with zero attached hydrogens (tertiary/aromatic N) is 3. The van der Waals surface area contributed by atoms with Crippen molar-refractivity contribution in [3.8, 4) is 0 Å². The molecule has 7 heteroatoms. The largest absolute Gasteiger partial charge is 0.314 e. The van der Waals surface area contributed by atoms with Gasteiger partial charge in [0.1, 0.15) is 11.2 Å². The lowest BCUT2D eigenvalue weighted by Crippen LogP contribution is -2.61. The third-order valence-electron chi connectivity index (χ3n) is 5.29. The molecule has 1 fully saturated rings. The Balaban J connectivity index is 1.58. The molecule has 0 aliphatic carbocycles. The summed E-state index contributed by atoms with van der Waals surface area (Å²) in [7, 11) is 0. The van der Waals surface area contributed by atoms with E-state index < -0.39 is 5.41 Å². The normalized spacial score (nSPS) is 17.6. The summed E-state index contributed by atoms with van der Waals surface area (Å²) in [4.78, 5) is 23.6. The van der Waals surface area contributed by atoms with Gasteiger partial charge in [-0.1, -0.05) is 6.07 Å². The van der Waals surface area contributed by atoms with Crippen molar-refractivity contribution >= 4 is 38.3 Å². The number of rotatable bonds is 2. The summed E-state index contributed by atoms with van der Waals surface area (Å²) >= 11 is 3.58. The van der Waals surface area contributed by atoms with E-state index in [0.29, 0.717) is 19.6 Å². The van der Waals surface area contributed by atoms with Gasteiger partial charge in [0.15, 0.2) is 0 Å². The third-order valence-corrected chi connectivity index (χ3v) is 6.17. The average Bonchev–Trinajstić information content (AvgIpc) is 2.86. The number of aromatic nitrogens is 2. The topological polar surface area (TPSA) is 58.1 Å². The minimum absolute atomic E-state index is 0.0761. The lowest BCUT2D eigenvalue weighted by Gasteiger charge is -2.37. The molecule has 4 heterocycles. The summed E-state index contributed by atoms with van der Waals surface area (Å²) in [5.74, 6) is -0.222. The van der Waals surface area contributed by atoms with Gasteiger partial charge in [-0.15, -0.1) is 0 Å². The second kappa shape index (κ2) is 5.56. The Morgan fingerprint density at radius 1 is 1.27 bits per heavy atom. The highest BCUT2D eigenvalue weighted by Gasteiger charge is 2.54. The standard InChI is InChI=1S/C19H14BrFN4O/c20-17-13-2-1-12(21)5-11(13)6-24-15(17)8-25-16-7-22-4-3-14(16)19(18(25)26)9-23-10-19/h1-7,23H,8-10H2. The minimum Gasteiger partial charge on any atom is -0.314 e. The van der Waals surface area contributed by atoms with Gasteiger partial charge in [-0.3, -0.25) is 14.8 Å². The summed E-state index contributed by atoms with van der Waals surface area (Å²) in [6.07, 6.45) is 5.11. The van der Waals surface area contributed by atoms with Gasteiger partial charge in [0.25, 0.3) is 0 Å². The van der Waals surface area contributed by atoms with Crippen molar-refractivity contribution in [2.75, 3.05) is 18.0 Å². The molecule has 5 rings (SSSR count). The first-order valence-corrected chi connectivity index (χ1v) is 9.09. The van der Waals surface area contributed by atoms with Crippen LogP contribution in [-0.4, -0.2) is 29.0 Å². The van der Waals surface area contributed by atoms with Gasteiger partial charge in [0.05, 0.1) is 24.1 Å². The molecule has 1 saturated heterocycles. The zero-order valence-corrected chi connectivity index (χ0v) is 15.3. The summed E-state index contributed by atoms with van der Waals surface area (Å²) in [6.45, 7) is 1.63. The van der Waals surface area contributed by atoms with Crippen LogP contribution in [0.5, 0.6) is 0 Å². The molecule has 5 nitrogen and oxygen atoms in total. The molecular weight excluding hydrogens is 399 g/mol. The van der Waals surface area contributed by atoms with Crippen LogP contribution < -0.4 is 10.2 Å². The van der Waals surface area contributed by atoms with Crippen LogP contribution in [0.25, 0.3) is 10.8 Å². The molecule has 2 aliphatic rings. The number of hydrogen-bond acceptors (Lipinski definition) is 4. The number of carbonyl (C=O) groups excluding carboxylic acids is 1. The van der Waals surface area contributed by atoms with Gasteiger partial charge in [0.2, 0.25) is 5.91 Å². The predicted molar refractivity (Wildman–Crippen MR) is 99.4 cm³/mol. The number of benzene rings is 1. The maximum atomic E-state index is 13.4. The first kappa shape index (κ1) is 15.8. The van der Waals surface area contributed by atoms with Gasteiger partial charge in [-0.25, -0.2) is 4.39 Å². The molecule has 2 aliphatic heterocycles. The fraction of sp³-hybridized carbons (Fsp3) is 0.211. The molecule has 1 amide bonds.